The smallest absolute Gasteiger partial charge is 0.298 e. The van der Waals surface area contributed by atoms with E-state index >= 15 is 0 Å². The molecule has 132 valence electrons. The number of amides is 2. The van der Waals surface area contributed by atoms with E-state index in [9.17, 15) is 9.59 Å². The number of nitrogens with one attached hydrogen (secondary N) is 1. The van der Waals surface area contributed by atoms with Crippen LogP contribution in [-0.2, 0) is 9.59 Å². The largest absolute Gasteiger partial charge is 0.332 e. The molecule has 2 amide bonds. The van der Waals surface area contributed by atoms with Gasteiger partial charge in [0.05, 0.1) is 0 Å². The van der Waals surface area contributed by atoms with Gasteiger partial charge in [0.2, 0.25) is 5.91 Å². The van der Waals surface area contributed by atoms with Crippen LogP contribution < -0.4 is 5.32 Å². The molecule has 2 aromatic rings. The summed E-state index contributed by atoms with van der Waals surface area (Å²) in [6, 6.07) is 15.0. The predicted molar refractivity (Wildman–Crippen MR) is 100 cm³/mol. The third kappa shape index (κ3) is 4.70. The van der Waals surface area contributed by atoms with E-state index in [4.69, 9.17) is 0 Å². The van der Waals surface area contributed by atoms with E-state index in [-0.39, 0.29) is 17.7 Å². The summed E-state index contributed by atoms with van der Waals surface area (Å²) in [6.07, 6.45) is 1.27. The maximum atomic E-state index is 12.4. The quantitative estimate of drug-likeness (QED) is 0.850. The van der Waals surface area contributed by atoms with Crippen molar-refractivity contribution in [2.24, 2.45) is 5.92 Å². The van der Waals surface area contributed by atoms with Crippen LogP contribution in [0.4, 0.5) is 5.82 Å². The number of nitrogens with zero attached hydrogens (tertiary/aromatic N) is 2. The van der Waals surface area contributed by atoms with Crippen LogP contribution in [0.15, 0.2) is 48.5 Å². The lowest BCUT2D eigenvalue weighted by Crippen LogP contribution is -2.41. The van der Waals surface area contributed by atoms with Gasteiger partial charge in [0, 0.05) is 36.2 Å². The second kappa shape index (κ2) is 8.30. The molecular weight excluding hydrogens is 326 g/mol. The maximum absolute atomic E-state index is 12.4. The van der Waals surface area contributed by atoms with Crippen molar-refractivity contribution in [1.29, 1.82) is 0 Å². The molecule has 2 heterocycles. The lowest BCUT2D eigenvalue weighted by atomic mass is 9.96. The van der Waals surface area contributed by atoms with Gasteiger partial charge < -0.3 is 10.2 Å². The highest BCUT2D eigenvalue weighted by Gasteiger charge is 2.27. The van der Waals surface area contributed by atoms with E-state index in [2.05, 4.69) is 22.1 Å². The summed E-state index contributed by atoms with van der Waals surface area (Å²) < 4.78 is 0. The second-order valence-electron chi connectivity index (χ2n) is 6.34. The lowest BCUT2D eigenvalue weighted by molar-refractivity contribution is -0.129. The number of carbonyl (C=O) groups excluding carboxylic acids is 2. The highest BCUT2D eigenvalue weighted by atomic mass is 16.2. The molecule has 1 aromatic heterocycles. The number of pyridine rings is 1. The van der Waals surface area contributed by atoms with Gasteiger partial charge >= 0.3 is 0 Å². The molecule has 0 spiro atoms. The number of hydrogen-bond donors (Lipinski definition) is 1. The van der Waals surface area contributed by atoms with Gasteiger partial charge in [0.15, 0.2) is 0 Å². The number of rotatable bonds is 2. The molecule has 3 rings (SSSR count). The molecular formula is C21H21N3O2. The van der Waals surface area contributed by atoms with E-state index in [1.165, 1.54) is 0 Å². The van der Waals surface area contributed by atoms with Crippen molar-refractivity contribution in [2.45, 2.75) is 19.8 Å². The monoisotopic (exact) mass is 347 g/mol. The molecule has 1 N–H and O–H groups in total. The minimum atomic E-state index is -0.187. The van der Waals surface area contributed by atoms with Crippen molar-refractivity contribution in [1.82, 2.24) is 9.88 Å². The number of piperidine rings is 1. The van der Waals surface area contributed by atoms with Crippen LogP contribution in [0.2, 0.25) is 0 Å². The SMILES string of the molecule is Cc1cccc(NC(=O)C2CCN(C(=O)C#Cc3ccccc3)CC2)n1. The zero-order valence-electron chi connectivity index (χ0n) is 14.7. The Morgan fingerprint density at radius 2 is 1.81 bits per heavy atom. The Morgan fingerprint density at radius 3 is 2.50 bits per heavy atom. The molecule has 1 aromatic carbocycles. The molecule has 26 heavy (non-hydrogen) atoms. The summed E-state index contributed by atoms with van der Waals surface area (Å²) in [6.45, 7) is 2.97. The van der Waals surface area contributed by atoms with Crippen LogP contribution in [0.1, 0.15) is 24.1 Å². The number of likely N-dealkylation sites (tertiary alicyclic amines) is 1. The van der Waals surface area contributed by atoms with E-state index in [1.807, 2.05) is 49.4 Å². The molecule has 0 saturated carbocycles. The fourth-order valence-corrected chi connectivity index (χ4v) is 2.91. The highest BCUT2D eigenvalue weighted by molar-refractivity contribution is 5.95. The number of benzene rings is 1. The van der Waals surface area contributed by atoms with Crippen LogP contribution in [-0.4, -0.2) is 34.8 Å². The molecule has 0 atom stereocenters. The first-order chi connectivity index (χ1) is 12.6. The van der Waals surface area contributed by atoms with E-state index in [1.54, 1.807) is 11.0 Å². The number of aromatic nitrogens is 1. The highest BCUT2D eigenvalue weighted by Crippen LogP contribution is 2.19. The lowest BCUT2D eigenvalue weighted by Gasteiger charge is -2.29. The Hall–Kier alpha value is -3.13. The average molecular weight is 347 g/mol. The van der Waals surface area contributed by atoms with Gasteiger partial charge in [0.1, 0.15) is 5.82 Å². The van der Waals surface area contributed by atoms with Crippen LogP contribution in [0.5, 0.6) is 0 Å². The van der Waals surface area contributed by atoms with Gasteiger partial charge in [-0.25, -0.2) is 4.98 Å². The van der Waals surface area contributed by atoms with Gasteiger partial charge in [-0.1, -0.05) is 30.2 Å². The molecule has 5 heteroatoms. The van der Waals surface area contributed by atoms with Gasteiger partial charge in [-0.05, 0) is 44.0 Å². The zero-order chi connectivity index (χ0) is 18.4. The first kappa shape index (κ1) is 17.7. The standard InChI is InChI=1S/C21H21N3O2/c1-16-6-5-9-19(22-16)23-21(26)18-12-14-24(15-13-18)20(25)11-10-17-7-3-2-4-8-17/h2-9,18H,12-15H2,1H3,(H,22,23,26). The molecule has 1 aliphatic rings. The molecule has 1 aliphatic heterocycles. The minimum Gasteiger partial charge on any atom is -0.332 e. The second-order valence-corrected chi connectivity index (χ2v) is 6.34. The third-order valence-corrected chi connectivity index (χ3v) is 4.38. The molecule has 1 fully saturated rings. The predicted octanol–water partition coefficient (Wildman–Crippen LogP) is 2.62. The van der Waals surface area contributed by atoms with E-state index in [0.717, 1.165) is 11.3 Å². The van der Waals surface area contributed by atoms with Crippen molar-refractivity contribution in [2.75, 3.05) is 18.4 Å². The van der Waals surface area contributed by atoms with Crippen LogP contribution in [0.25, 0.3) is 0 Å². The Morgan fingerprint density at radius 1 is 1.08 bits per heavy atom. The van der Waals surface area contributed by atoms with Gasteiger partial charge in [-0.15, -0.1) is 0 Å². The van der Waals surface area contributed by atoms with Crippen LogP contribution in [0.3, 0.4) is 0 Å². The van der Waals surface area contributed by atoms with E-state index in [0.29, 0.717) is 31.7 Å². The average Bonchev–Trinajstić information content (AvgIpc) is 2.67. The van der Waals surface area contributed by atoms with Crippen LogP contribution in [0, 0.1) is 24.7 Å². The fraction of sp³-hybridized carbons (Fsp3) is 0.286. The first-order valence-corrected chi connectivity index (χ1v) is 8.72. The number of anilines is 1. The van der Waals surface area contributed by atoms with Crippen molar-refractivity contribution >= 4 is 17.6 Å². The molecule has 0 bridgehead atoms. The summed E-state index contributed by atoms with van der Waals surface area (Å²) in [5.74, 6) is 5.81. The van der Waals surface area contributed by atoms with Gasteiger partial charge in [-0.2, -0.15) is 0 Å². The van der Waals surface area contributed by atoms with Gasteiger partial charge in [0.25, 0.3) is 5.91 Å². The Labute approximate surface area is 153 Å². The topological polar surface area (TPSA) is 62.3 Å². The Balaban J connectivity index is 1.51. The van der Waals surface area contributed by atoms with Crippen molar-refractivity contribution in [3.05, 3.63) is 59.8 Å². The maximum Gasteiger partial charge on any atom is 0.298 e. The molecule has 0 unspecified atom stereocenters. The number of aryl methyl sites for hydroxylation is 1. The normalized spacial score (nSPS) is 14.3. The van der Waals surface area contributed by atoms with Crippen molar-refractivity contribution < 1.29 is 9.59 Å². The number of carbonyl (C=O) groups is 2. The minimum absolute atomic E-state index is 0.0365. The summed E-state index contributed by atoms with van der Waals surface area (Å²) in [7, 11) is 0. The van der Waals surface area contributed by atoms with E-state index < -0.39 is 0 Å². The summed E-state index contributed by atoms with van der Waals surface area (Å²) in [5, 5.41) is 2.86. The van der Waals surface area contributed by atoms with Gasteiger partial charge in [-0.3, -0.25) is 9.59 Å². The molecule has 0 radical (unpaired) electrons. The molecule has 1 saturated heterocycles. The summed E-state index contributed by atoms with van der Waals surface area (Å²) in [4.78, 5) is 30.6. The Kier molecular flexibility index (Phi) is 5.65. The van der Waals surface area contributed by atoms with Crippen molar-refractivity contribution in [3.8, 4) is 11.8 Å². The Bertz CT molecular complexity index is 844. The third-order valence-electron chi connectivity index (χ3n) is 4.38. The van der Waals surface area contributed by atoms with Crippen LogP contribution >= 0.6 is 0 Å². The number of hydrogen-bond acceptors (Lipinski definition) is 3. The summed E-state index contributed by atoms with van der Waals surface area (Å²) in [5.41, 5.74) is 1.68. The molecule has 0 aliphatic carbocycles. The fourth-order valence-electron chi connectivity index (χ4n) is 2.91. The molecule has 5 nitrogen and oxygen atoms in total. The first-order valence-electron chi connectivity index (χ1n) is 8.72. The zero-order valence-corrected chi connectivity index (χ0v) is 14.7. The van der Waals surface area contributed by atoms with Crippen molar-refractivity contribution in [3.63, 3.8) is 0 Å². The summed E-state index contributed by atoms with van der Waals surface area (Å²) >= 11 is 0.